The Labute approximate surface area is 127 Å². The molecule has 1 atom stereocenters. The zero-order chi connectivity index (χ0) is 14.4. The third-order valence-electron chi connectivity index (χ3n) is 3.01. The highest BCUT2D eigenvalue weighted by molar-refractivity contribution is 9.10. The van der Waals surface area contributed by atoms with Gasteiger partial charge >= 0.3 is 0 Å². The molecule has 0 spiro atoms. The average molecular weight is 336 g/mol. The van der Waals surface area contributed by atoms with Gasteiger partial charge in [-0.2, -0.15) is 0 Å². The Morgan fingerprint density at radius 1 is 1.30 bits per heavy atom. The molecule has 0 radical (unpaired) electrons. The number of likely N-dealkylation sites (N-methyl/N-ethyl adjacent to an activating group) is 1. The van der Waals surface area contributed by atoms with Crippen molar-refractivity contribution in [2.75, 3.05) is 13.7 Å². The lowest BCUT2D eigenvalue weighted by atomic mass is 10.0. The minimum Gasteiger partial charge on any atom is -0.496 e. The van der Waals surface area contributed by atoms with Crippen molar-refractivity contribution in [3.8, 4) is 5.75 Å². The predicted molar refractivity (Wildman–Crippen MR) is 82.8 cm³/mol. The van der Waals surface area contributed by atoms with Crippen LogP contribution in [0.3, 0.4) is 0 Å². The maximum Gasteiger partial charge on any atom is 0.145 e. The number of hydrogen-bond donors (Lipinski definition) is 1. The molecule has 0 fully saturated rings. The van der Waals surface area contributed by atoms with Crippen molar-refractivity contribution in [2.45, 2.75) is 19.4 Å². The van der Waals surface area contributed by atoms with Gasteiger partial charge in [0.2, 0.25) is 0 Å². The standard InChI is InChI=1S/C15H18BrN3O/c1-3-17-13(15-18-7-4-8-19-15)10-11-9-12(16)5-6-14(11)20-2/h4-9,13,17H,3,10H2,1-2H3. The second-order valence-electron chi connectivity index (χ2n) is 4.38. The minimum absolute atomic E-state index is 0.0735. The number of hydrogen-bond acceptors (Lipinski definition) is 4. The van der Waals surface area contributed by atoms with E-state index in [2.05, 4.69) is 44.2 Å². The molecule has 1 aromatic heterocycles. The van der Waals surface area contributed by atoms with Gasteiger partial charge in [-0.3, -0.25) is 0 Å². The summed E-state index contributed by atoms with van der Waals surface area (Å²) >= 11 is 3.50. The van der Waals surface area contributed by atoms with Crippen LogP contribution in [0.1, 0.15) is 24.4 Å². The lowest BCUT2D eigenvalue weighted by Gasteiger charge is -2.18. The van der Waals surface area contributed by atoms with E-state index in [1.807, 2.05) is 18.2 Å². The molecule has 0 aliphatic rings. The molecule has 5 heteroatoms. The number of nitrogens with one attached hydrogen (secondary N) is 1. The monoisotopic (exact) mass is 335 g/mol. The summed E-state index contributed by atoms with van der Waals surface area (Å²) in [6, 6.07) is 7.92. The third kappa shape index (κ3) is 3.77. The van der Waals surface area contributed by atoms with Crippen molar-refractivity contribution in [3.05, 3.63) is 52.5 Å². The largest absolute Gasteiger partial charge is 0.496 e. The number of aromatic nitrogens is 2. The maximum atomic E-state index is 5.43. The van der Waals surface area contributed by atoms with Gasteiger partial charge in [0, 0.05) is 16.9 Å². The maximum absolute atomic E-state index is 5.43. The third-order valence-corrected chi connectivity index (χ3v) is 3.51. The van der Waals surface area contributed by atoms with Gasteiger partial charge in [-0.1, -0.05) is 22.9 Å². The number of ether oxygens (including phenoxy) is 1. The van der Waals surface area contributed by atoms with Crippen molar-refractivity contribution in [3.63, 3.8) is 0 Å². The molecule has 1 unspecified atom stereocenters. The number of rotatable bonds is 6. The van der Waals surface area contributed by atoms with Crippen LogP contribution in [0.4, 0.5) is 0 Å². The van der Waals surface area contributed by atoms with Crippen molar-refractivity contribution in [2.24, 2.45) is 0 Å². The second-order valence-corrected chi connectivity index (χ2v) is 5.29. The van der Waals surface area contributed by atoms with Crippen LogP contribution in [0, 0.1) is 0 Å². The summed E-state index contributed by atoms with van der Waals surface area (Å²) in [7, 11) is 1.69. The van der Waals surface area contributed by atoms with Crippen LogP contribution in [0.15, 0.2) is 41.1 Å². The molecule has 1 N–H and O–H groups in total. The van der Waals surface area contributed by atoms with E-state index in [1.54, 1.807) is 19.5 Å². The molecule has 0 saturated heterocycles. The summed E-state index contributed by atoms with van der Waals surface area (Å²) in [5, 5.41) is 3.42. The molecule has 2 aromatic rings. The van der Waals surface area contributed by atoms with E-state index in [0.717, 1.165) is 34.6 Å². The van der Waals surface area contributed by atoms with E-state index in [0.29, 0.717) is 0 Å². The second kappa shape index (κ2) is 7.36. The molecule has 0 bridgehead atoms. The van der Waals surface area contributed by atoms with Gasteiger partial charge < -0.3 is 10.1 Å². The summed E-state index contributed by atoms with van der Waals surface area (Å²) in [5.41, 5.74) is 1.13. The highest BCUT2D eigenvalue weighted by Crippen LogP contribution is 2.27. The van der Waals surface area contributed by atoms with Crippen LogP contribution in [-0.4, -0.2) is 23.6 Å². The average Bonchev–Trinajstić information content (AvgIpc) is 2.48. The lowest BCUT2D eigenvalue weighted by Crippen LogP contribution is -2.25. The van der Waals surface area contributed by atoms with Gasteiger partial charge in [-0.15, -0.1) is 0 Å². The first-order valence-electron chi connectivity index (χ1n) is 6.57. The van der Waals surface area contributed by atoms with E-state index in [4.69, 9.17) is 4.74 Å². The molecule has 0 aliphatic heterocycles. The van der Waals surface area contributed by atoms with Gasteiger partial charge in [0.25, 0.3) is 0 Å². The van der Waals surface area contributed by atoms with Gasteiger partial charge in [0.05, 0.1) is 13.2 Å². The first kappa shape index (κ1) is 14.9. The highest BCUT2D eigenvalue weighted by Gasteiger charge is 2.16. The molecule has 106 valence electrons. The van der Waals surface area contributed by atoms with Gasteiger partial charge in [-0.05, 0) is 42.8 Å². The Morgan fingerprint density at radius 3 is 2.70 bits per heavy atom. The lowest BCUT2D eigenvalue weighted by molar-refractivity contribution is 0.404. The molecule has 0 aliphatic carbocycles. The molecule has 20 heavy (non-hydrogen) atoms. The highest BCUT2D eigenvalue weighted by atomic mass is 79.9. The molecular formula is C15H18BrN3O. The van der Waals surface area contributed by atoms with Crippen LogP contribution >= 0.6 is 15.9 Å². The smallest absolute Gasteiger partial charge is 0.145 e. The number of nitrogens with zero attached hydrogens (tertiary/aromatic N) is 2. The van der Waals surface area contributed by atoms with E-state index in [1.165, 1.54) is 0 Å². The number of benzene rings is 1. The summed E-state index contributed by atoms with van der Waals surface area (Å²) < 4.78 is 6.47. The molecule has 0 amide bonds. The molecule has 1 aromatic carbocycles. The summed E-state index contributed by atoms with van der Waals surface area (Å²) in [6.07, 6.45) is 4.32. The summed E-state index contributed by atoms with van der Waals surface area (Å²) in [6.45, 7) is 2.94. The van der Waals surface area contributed by atoms with Crippen molar-refractivity contribution >= 4 is 15.9 Å². The Morgan fingerprint density at radius 2 is 2.05 bits per heavy atom. The SMILES string of the molecule is CCNC(Cc1cc(Br)ccc1OC)c1ncccn1. The van der Waals surface area contributed by atoms with E-state index < -0.39 is 0 Å². The predicted octanol–water partition coefficient (Wildman–Crippen LogP) is 3.14. The molecule has 0 saturated carbocycles. The van der Waals surface area contributed by atoms with Crippen LogP contribution < -0.4 is 10.1 Å². The molecule has 2 rings (SSSR count). The van der Waals surface area contributed by atoms with Crippen LogP contribution in [0.5, 0.6) is 5.75 Å². The van der Waals surface area contributed by atoms with Crippen molar-refractivity contribution < 1.29 is 4.74 Å². The van der Waals surface area contributed by atoms with Crippen LogP contribution in [0.25, 0.3) is 0 Å². The van der Waals surface area contributed by atoms with E-state index >= 15 is 0 Å². The number of methoxy groups -OCH3 is 1. The molecule has 4 nitrogen and oxygen atoms in total. The van der Waals surface area contributed by atoms with Gasteiger partial charge in [0.1, 0.15) is 11.6 Å². The van der Waals surface area contributed by atoms with Crippen molar-refractivity contribution in [1.82, 2.24) is 15.3 Å². The minimum atomic E-state index is 0.0735. The van der Waals surface area contributed by atoms with Crippen LogP contribution in [-0.2, 0) is 6.42 Å². The fraction of sp³-hybridized carbons (Fsp3) is 0.333. The van der Waals surface area contributed by atoms with E-state index in [9.17, 15) is 0 Å². The number of halogens is 1. The normalized spacial score (nSPS) is 12.2. The Hall–Kier alpha value is -1.46. The first-order valence-corrected chi connectivity index (χ1v) is 7.36. The first-order chi connectivity index (χ1) is 9.74. The quantitative estimate of drug-likeness (QED) is 0.880. The topological polar surface area (TPSA) is 47.0 Å². The molecular weight excluding hydrogens is 318 g/mol. The Kier molecular flexibility index (Phi) is 5.49. The fourth-order valence-corrected chi connectivity index (χ4v) is 2.53. The van der Waals surface area contributed by atoms with E-state index in [-0.39, 0.29) is 6.04 Å². The summed E-state index contributed by atoms with van der Waals surface area (Å²) in [4.78, 5) is 8.69. The van der Waals surface area contributed by atoms with Gasteiger partial charge in [0.15, 0.2) is 0 Å². The summed E-state index contributed by atoms with van der Waals surface area (Å²) in [5.74, 6) is 1.68. The zero-order valence-corrected chi connectivity index (χ0v) is 13.2. The Balaban J connectivity index is 2.26. The molecule has 1 heterocycles. The Bertz CT molecular complexity index is 548. The van der Waals surface area contributed by atoms with Crippen LogP contribution in [0.2, 0.25) is 0 Å². The van der Waals surface area contributed by atoms with Crippen molar-refractivity contribution in [1.29, 1.82) is 0 Å². The van der Waals surface area contributed by atoms with Gasteiger partial charge in [-0.25, -0.2) is 9.97 Å². The fourth-order valence-electron chi connectivity index (χ4n) is 2.12. The zero-order valence-electron chi connectivity index (χ0n) is 11.6.